The average Bonchev–Trinajstić information content (AvgIpc) is 2.96. The molecule has 230 valence electrons. The summed E-state index contributed by atoms with van der Waals surface area (Å²) >= 11 is 0. The van der Waals surface area contributed by atoms with Crippen LogP contribution in [0.5, 0.6) is 0 Å². The topological polar surface area (TPSA) is 156 Å². The first-order chi connectivity index (χ1) is 20.8. The molecule has 13 heteroatoms. The third-order valence-electron chi connectivity index (χ3n) is 6.91. The maximum atomic E-state index is 13.7. The van der Waals surface area contributed by atoms with Crippen LogP contribution in [-0.2, 0) is 20.7 Å². The van der Waals surface area contributed by atoms with E-state index in [1.165, 1.54) is 0 Å². The molecule has 10 nitrogen and oxygen atoms in total. The normalized spacial score (nSPS) is 17.0. The number of ether oxygens (including phenoxy) is 1. The Morgan fingerprint density at radius 3 is 2.52 bits per heavy atom. The number of hydrogen-bond donors (Lipinski definition) is 5. The molecule has 0 fully saturated rings. The molecule has 2 aliphatic rings. The molecule has 6 N–H and O–H groups in total. The van der Waals surface area contributed by atoms with Gasteiger partial charge in [-0.15, -0.1) is 0 Å². The summed E-state index contributed by atoms with van der Waals surface area (Å²) in [5.74, 6) is -2.46. The lowest BCUT2D eigenvalue weighted by molar-refractivity contribution is -0.192. The van der Waals surface area contributed by atoms with E-state index < -0.39 is 24.3 Å². The van der Waals surface area contributed by atoms with Crippen molar-refractivity contribution in [2.45, 2.75) is 38.5 Å². The first-order valence-corrected chi connectivity index (χ1v) is 13.5. The summed E-state index contributed by atoms with van der Waals surface area (Å²) in [6.45, 7) is 4.16. The standard InChI is InChI=1S/C29H29N5O3.C2HF3O2/c1-17-14-22-7-6-19(17)11-13-37-29(36)34-23-5-3-4-20(15-23)18(2)32-28(35)26(22)33-24-8-9-25-21(16-24)10-12-31-27(25)30;3-2(4,5)1(6)7/h3-10,12,14-16,18,26,33H,11,13H2,1-2H3,(H2,30,31)(H,32,35)(H,34,36);(H,6,7)/t18?,26-;/m0./s1. The molecular weight excluding hydrogens is 579 g/mol. The third-order valence-corrected chi connectivity index (χ3v) is 6.91. The van der Waals surface area contributed by atoms with Crippen LogP contribution in [0, 0.1) is 6.92 Å². The summed E-state index contributed by atoms with van der Waals surface area (Å²) in [6.07, 6.45) is -3.35. The molecule has 3 heterocycles. The Balaban J connectivity index is 0.000000566. The number of fused-ring (bicyclic) bond motifs is 10. The molecule has 0 saturated carbocycles. The molecule has 0 radical (unpaired) electrons. The highest BCUT2D eigenvalue weighted by atomic mass is 19.4. The van der Waals surface area contributed by atoms with E-state index in [-0.39, 0.29) is 18.6 Å². The van der Waals surface area contributed by atoms with Gasteiger partial charge in [0.25, 0.3) is 0 Å². The number of benzene rings is 3. The summed E-state index contributed by atoms with van der Waals surface area (Å²) < 4.78 is 37.1. The Bertz CT molecular complexity index is 1700. The molecular formula is C31H30F3N5O5. The second-order valence-corrected chi connectivity index (χ2v) is 10.1. The van der Waals surface area contributed by atoms with Crippen LogP contribution in [0.2, 0.25) is 0 Å². The predicted octanol–water partition coefficient (Wildman–Crippen LogP) is 5.89. The van der Waals surface area contributed by atoms with E-state index in [1.807, 2.05) is 74.5 Å². The number of amides is 2. The quantitative estimate of drug-likeness (QED) is 0.188. The molecule has 2 aliphatic heterocycles. The number of carbonyl (C=O) groups is 3. The zero-order valence-electron chi connectivity index (χ0n) is 23.7. The summed E-state index contributed by atoms with van der Waals surface area (Å²) in [7, 11) is 0. The average molecular weight is 610 g/mol. The van der Waals surface area contributed by atoms with Gasteiger partial charge in [-0.2, -0.15) is 13.2 Å². The third kappa shape index (κ3) is 7.94. The van der Waals surface area contributed by atoms with Crippen molar-refractivity contribution < 1.29 is 37.4 Å². The minimum Gasteiger partial charge on any atom is -0.475 e. The van der Waals surface area contributed by atoms with E-state index in [0.29, 0.717) is 17.9 Å². The van der Waals surface area contributed by atoms with Crippen LogP contribution in [0.25, 0.3) is 10.8 Å². The highest BCUT2D eigenvalue weighted by molar-refractivity contribution is 5.94. The number of aromatic nitrogens is 1. The number of pyridine rings is 1. The summed E-state index contributed by atoms with van der Waals surface area (Å²) in [5, 5.41) is 18.2. The largest absolute Gasteiger partial charge is 0.490 e. The van der Waals surface area contributed by atoms with E-state index in [9.17, 15) is 22.8 Å². The van der Waals surface area contributed by atoms with Crippen molar-refractivity contribution in [3.63, 3.8) is 0 Å². The number of carboxylic acid groups (broad SMARTS) is 1. The monoisotopic (exact) mass is 609 g/mol. The number of nitrogens with zero attached hydrogens (tertiary/aromatic N) is 1. The van der Waals surface area contributed by atoms with Gasteiger partial charge in [0, 0.05) is 29.4 Å². The van der Waals surface area contributed by atoms with Crippen LogP contribution in [0.4, 0.5) is 35.2 Å². The Kier molecular flexibility index (Phi) is 9.57. The van der Waals surface area contributed by atoms with Crippen molar-refractivity contribution in [1.29, 1.82) is 0 Å². The number of alkyl halides is 3. The lowest BCUT2D eigenvalue weighted by Gasteiger charge is -2.24. The van der Waals surface area contributed by atoms with Gasteiger partial charge in [-0.05, 0) is 77.9 Å². The van der Waals surface area contributed by atoms with Crippen LogP contribution in [0.3, 0.4) is 0 Å². The van der Waals surface area contributed by atoms with Crippen molar-refractivity contribution in [2.75, 3.05) is 23.0 Å². The molecule has 0 saturated heterocycles. The number of nitrogen functional groups attached to an aromatic ring is 1. The van der Waals surface area contributed by atoms with Crippen molar-refractivity contribution in [3.8, 4) is 0 Å². The van der Waals surface area contributed by atoms with Crippen molar-refractivity contribution in [3.05, 3.63) is 95.2 Å². The first kappa shape index (κ1) is 31.6. The fourth-order valence-corrected chi connectivity index (χ4v) is 4.61. The van der Waals surface area contributed by atoms with E-state index in [4.69, 9.17) is 20.4 Å². The van der Waals surface area contributed by atoms with Crippen molar-refractivity contribution in [1.82, 2.24) is 10.3 Å². The van der Waals surface area contributed by atoms with Gasteiger partial charge in [0.1, 0.15) is 11.9 Å². The second-order valence-electron chi connectivity index (χ2n) is 10.1. The Morgan fingerprint density at radius 2 is 1.82 bits per heavy atom. The highest BCUT2D eigenvalue weighted by Gasteiger charge is 2.38. The highest BCUT2D eigenvalue weighted by Crippen LogP contribution is 2.28. The van der Waals surface area contributed by atoms with Crippen LogP contribution >= 0.6 is 0 Å². The van der Waals surface area contributed by atoms with Crippen molar-refractivity contribution in [2.24, 2.45) is 0 Å². The fourth-order valence-electron chi connectivity index (χ4n) is 4.61. The second kappa shape index (κ2) is 13.3. The molecule has 4 bridgehead atoms. The molecule has 3 aromatic carbocycles. The number of hydrogen-bond acceptors (Lipinski definition) is 7. The number of halogens is 3. The van der Waals surface area contributed by atoms with E-state index in [0.717, 1.165) is 38.7 Å². The van der Waals surface area contributed by atoms with Gasteiger partial charge in [-0.25, -0.2) is 14.6 Å². The van der Waals surface area contributed by atoms with E-state index in [1.54, 1.807) is 12.3 Å². The number of nitrogens with two attached hydrogens (primary N) is 1. The molecule has 4 aromatic rings. The number of aryl methyl sites for hydroxylation is 1. The van der Waals surface area contributed by atoms with Crippen molar-refractivity contribution >= 4 is 45.9 Å². The number of rotatable bonds is 2. The lowest BCUT2D eigenvalue weighted by atomic mass is 9.97. The van der Waals surface area contributed by atoms with Crippen LogP contribution in [0.15, 0.2) is 72.9 Å². The summed E-state index contributed by atoms with van der Waals surface area (Å²) in [4.78, 5) is 39.0. The predicted molar refractivity (Wildman–Crippen MR) is 159 cm³/mol. The van der Waals surface area contributed by atoms with Gasteiger partial charge in [0.05, 0.1) is 12.6 Å². The summed E-state index contributed by atoms with van der Waals surface area (Å²) in [5.41, 5.74) is 11.2. The van der Waals surface area contributed by atoms with Gasteiger partial charge in [0.15, 0.2) is 0 Å². The van der Waals surface area contributed by atoms with Crippen LogP contribution in [0.1, 0.15) is 41.3 Å². The SMILES string of the molecule is Cc1cc2ccc1CCOC(=O)Nc1cccc(c1)C(C)NC(=O)[C@H]2Nc1ccc2c(N)nccc2c1.O=C(O)C(F)(F)F. The van der Waals surface area contributed by atoms with Crippen LogP contribution in [-0.4, -0.2) is 40.8 Å². The maximum absolute atomic E-state index is 13.7. The molecule has 0 aliphatic carbocycles. The van der Waals surface area contributed by atoms with Gasteiger partial charge < -0.3 is 26.2 Å². The van der Waals surface area contributed by atoms with E-state index >= 15 is 0 Å². The zero-order valence-corrected chi connectivity index (χ0v) is 23.7. The number of carbonyl (C=O) groups excluding carboxylic acids is 2. The molecule has 6 rings (SSSR count). The Labute approximate surface area is 250 Å². The Morgan fingerprint density at radius 1 is 1.07 bits per heavy atom. The minimum absolute atomic E-state index is 0.168. The number of anilines is 3. The number of carboxylic acids is 1. The van der Waals surface area contributed by atoms with Gasteiger partial charge in [0.2, 0.25) is 5.91 Å². The lowest BCUT2D eigenvalue weighted by Crippen LogP contribution is -2.35. The van der Waals surface area contributed by atoms with Gasteiger partial charge in [-0.3, -0.25) is 10.1 Å². The Hall–Kier alpha value is -5.33. The smallest absolute Gasteiger partial charge is 0.475 e. The fraction of sp³-hybridized carbons (Fsp3) is 0.226. The first-order valence-electron chi connectivity index (χ1n) is 13.5. The number of nitrogens with one attached hydrogen (secondary N) is 3. The van der Waals surface area contributed by atoms with E-state index in [2.05, 4.69) is 20.9 Å². The van der Waals surface area contributed by atoms with Gasteiger partial charge in [-0.1, -0.05) is 30.3 Å². The molecule has 44 heavy (non-hydrogen) atoms. The van der Waals surface area contributed by atoms with Gasteiger partial charge >= 0.3 is 18.2 Å². The molecule has 0 spiro atoms. The molecule has 1 unspecified atom stereocenters. The minimum atomic E-state index is -5.08. The molecule has 2 atom stereocenters. The summed E-state index contributed by atoms with van der Waals surface area (Å²) in [6, 6.07) is 20.0. The maximum Gasteiger partial charge on any atom is 0.490 e. The van der Waals surface area contributed by atoms with Crippen LogP contribution < -0.4 is 21.7 Å². The molecule has 2 amide bonds. The number of aliphatic carboxylic acids is 1. The zero-order chi connectivity index (χ0) is 32.0. The molecule has 1 aromatic heterocycles.